The Bertz CT molecular complexity index is 676. The number of amides is 1. The monoisotopic (exact) mass is 311 g/mol. The Morgan fingerprint density at radius 2 is 2.13 bits per heavy atom. The van der Waals surface area contributed by atoms with Gasteiger partial charge in [0.25, 0.3) is 5.91 Å². The molecular formula is C17H21N5O. The third-order valence-corrected chi connectivity index (χ3v) is 4.21. The number of likely N-dealkylation sites (N-methyl/N-ethyl adjacent to an activating group) is 1. The fourth-order valence-corrected chi connectivity index (χ4v) is 2.90. The Morgan fingerprint density at radius 1 is 1.35 bits per heavy atom. The molecular weight excluding hydrogens is 290 g/mol. The molecule has 6 heteroatoms. The Hall–Kier alpha value is -2.34. The average molecular weight is 311 g/mol. The van der Waals surface area contributed by atoms with Crippen LogP contribution in [0.5, 0.6) is 0 Å². The van der Waals surface area contributed by atoms with E-state index in [9.17, 15) is 4.79 Å². The quantitative estimate of drug-likeness (QED) is 0.857. The van der Waals surface area contributed by atoms with E-state index in [1.807, 2.05) is 24.0 Å². The Balaban J connectivity index is 1.60. The van der Waals surface area contributed by atoms with Gasteiger partial charge in [0.1, 0.15) is 5.82 Å². The summed E-state index contributed by atoms with van der Waals surface area (Å²) >= 11 is 0. The summed E-state index contributed by atoms with van der Waals surface area (Å²) < 4.78 is 0. The van der Waals surface area contributed by atoms with Crippen LogP contribution >= 0.6 is 0 Å². The van der Waals surface area contributed by atoms with E-state index in [1.165, 1.54) is 0 Å². The van der Waals surface area contributed by atoms with Crippen LogP contribution in [0.15, 0.2) is 36.9 Å². The molecule has 0 aromatic carbocycles. The van der Waals surface area contributed by atoms with Gasteiger partial charge >= 0.3 is 0 Å². The standard InChI is InChI=1S/C17H21N5O/c1-13-8-14(10-18-9-13)17(23)22-7-4-15(11-22)21(2)12-16-19-5-3-6-20-16/h3,5-6,8-10,15H,4,7,11-12H2,1-2H3/t15-/m1/s1. The van der Waals surface area contributed by atoms with E-state index in [4.69, 9.17) is 0 Å². The third-order valence-electron chi connectivity index (χ3n) is 4.21. The van der Waals surface area contributed by atoms with Crippen LogP contribution in [0.2, 0.25) is 0 Å². The van der Waals surface area contributed by atoms with Gasteiger partial charge in [-0.2, -0.15) is 0 Å². The molecule has 1 amide bonds. The average Bonchev–Trinajstić information content (AvgIpc) is 3.05. The zero-order valence-corrected chi connectivity index (χ0v) is 13.5. The fourth-order valence-electron chi connectivity index (χ4n) is 2.90. The number of aryl methyl sites for hydroxylation is 1. The number of nitrogens with zero attached hydrogens (tertiary/aromatic N) is 5. The van der Waals surface area contributed by atoms with Crippen LogP contribution in [0.4, 0.5) is 0 Å². The van der Waals surface area contributed by atoms with Crippen molar-refractivity contribution in [2.24, 2.45) is 0 Å². The normalized spacial score (nSPS) is 17.7. The predicted octanol–water partition coefficient (Wildman–Crippen LogP) is 1.53. The minimum Gasteiger partial charge on any atom is -0.337 e. The number of hydrogen-bond acceptors (Lipinski definition) is 5. The van der Waals surface area contributed by atoms with Gasteiger partial charge in [-0.3, -0.25) is 14.7 Å². The van der Waals surface area contributed by atoms with Gasteiger partial charge in [0.15, 0.2) is 0 Å². The highest BCUT2D eigenvalue weighted by atomic mass is 16.2. The van der Waals surface area contributed by atoms with Crippen molar-refractivity contribution in [3.8, 4) is 0 Å². The van der Waals surface area contributed by atoms with Gasteiger partial charge in [0, 0.05) is 43.9 Å². The first kappa shape index (κ1) is 15.6. The van der Waals surface area contributed by atoms with Crippen LogP contribution in [0.1, 0.15) is 28.2 Å². The molecule has 0 spiro atoms. The van der Waals surface area contributed by atoms with Gasteiger partial charge in [0.2, 0.25) is 0 Å². The first-order valence-electron chi connectivity index (χ1n) is 7.80. The maximum Gasteiger partial charge on any atom is 0.255 e. The van der Waals surface area contributed by atoms with Crippen LogP contribution < -0.4 is 0 Å². The maximum atomic E-state index is 12.6. The van der Waals surface area contributed by atoms with Gasteiger partial charge in [0.05, 0.1) is 12.1 Å². The molecule has 1 fully saturated rings. The fraction of sp³-hybridized carbons (Fsp3) is 0.412. The van der Waals surface area contributed by atoms with Crippen molar-refractivity contribution in [3.05, 3.63) is 53.9 Å². The van der Waals surface area contributed by atoms with E-state index in [0.717, 1.165) is 30.9 Å². The van der Waals surface area contributed by atoms with Crippen LogP contribution in [-0.4, -0.2) is 56.8 Å². The summed E-state index contributed by atoms with van der Waals surface area (Å²) in [6.07, 6.45) is 7.88. The molecule has 0 bridgehead atoms. The van der Waals surface area contributed by atoms with Gasteiger partial charge in [-0.1, -0.05) is 0 Å². The first-order chi connectivity index (χ1) is 11.1. The lowest BCUT2D eigenvalue weighted by Crippen LogP contribution is -2.36. The molecule has 0 unspecified atom stereocenters. The van der Waals surface area contributed by atoms with E-state index in [1.54, 1.807) is 24.8 Å². The lowest BCUT2D eigenvalue weighted by atomic mass is 10.2. The minimum absolute atomic E-state index is 0.0630. The second-order valence-electron chi connectivity index (χ2n) is 6.02. The summed E-state index contributed by atoms with van der Waals surface area (Å²) in [5.74, 6) is 0.871. The molecule has 0 aliphatic carbocycles. The molecule has 1 aliphatic heterocycles. The second kappa shape index (κ2) is 6.83. The molecule has 6 nitrogen and oxygen atoms in total. The number of likely N-dealkylation sites (tertiary alicyclic amines) is 1. The molecule has 3 heterocycles. The highest BCUT2D eigenvalue weighted by Gasteiger charge is 2.29. The van der Waals surface area contributed by atoms with E-state index >= 15 is 0 Å². The summed E-state index contributed by atoms with van der Waals surface area (Å²) in [5, 5.41) is 0. The van der Waals surface area contributed by atoms with E-state index < -0.39 is 0 Å². The molecule has 23 heavy (non-hydrogen) atoms. The number of aromatic nitrogens is 3. The summed E-state index contributed by atoms with van der Waals surface area (Å²) in [5.41, 5.74) is 1.67. The largest absolute Gasteiger partial charge is 0.337 e. The Labute approximate surface area is 136 Å². The van der Waals surface area contributed by atoms with Crippen molar-refractivity contribution in [2.75, 3.05) is 20.1 Å². The Morgan fingerprint density at radius 3 is 2.87 bits per heavy atom. The van der Waals surface area contributed by atoms with Crippen molar-refractivity contribution in [3.63, 3.8) is 0 Å². The van der Waals surface area contributed by atoms with Crippen molar-refractivity contribution < 1.29 is 4.79 Å². The Kier molecular flexibility index (Phi) is 4.62. The van der Waals surface area contributed by atoms with Crippen molar-refractivity contribution in [1.82, 2.24) is 24.8 Å². The summed E-state index contributed by atoms with van der Waals surface area (Å²) in [4.78, 5) is 29.3. The number of carbonyl (C=O) groups is 1. The number of carbonyl (C=O) groups excluding carboxylic acids is 1. The molecule has 0 N–H and O–H groups in total. The van der Waals surface area contributed by atoms with Gasteiger partial charge < -0.3 is 4.90 Å². The van der Waals surface area contributed by atoms with E-state index in [0.29, 0.717) is 18.2 Å². The van der Waals surface area contributed by atoms with Crippen molar-refractivity contribution in [1.29, 1.82) is 0 Å². The van der Waals surface area contributed by atoms with Gasteiger partial charge in [-0.15, -0.1) is 0 Å². The third kappa shape index (κ3) is 3.71. The highest BCUT2D eigenvalue weighted by molar-refractivity contribution is 5.94. The van der Waals surface area contributed by atoms with Crippen LogP contribution in [0, 0.1) is 6.92 Å². The van der Waals surface area contributed by atoms with Crippen LogP contribution in [0.25, 0.3) is 0 Å². The van der Waals surface area contributed by atoms with Gasteiger partial charge in [-0.05, 0) is 38.1 Å². The number of rotatable bonds is 4. The molecule has 120 valence electrons. The summed E-state index contributed by atoms with van der Waals surface area (Å²) in [6, 6.07) is 4.04. The molecule has 2 aromatic rings. The lowest BCUT2D eigenvalue weighted by molar-refractivity contribution is 0.0779. The summed E-state index contributed by atoms with van der Waals surface area (Å²) in [6.45, 7) is 4.15. The first-order valence-corrected chi connectivity index (χ1v) is 7.80. The molecule has 1 aliphatic rings. The zero-order chi connectivity index (χ0) is 16.2. The predicted molar refractivity (Wildman–Crippen MR) is 86.8 cm³/mol. The molecule has 0 radical (unpaired) electrons. The van der Waals surface area contributed by atoms with E-state index in [-0.39, 0.29) is 5.91 Å². The maximum absolute atomic E-state index is 12.6. The molecule has 2 aromatic heterocycles. The second-order valence-corrected chi connectivity index (χ2v) is 6.02. The van der Waals surface area contributed by atoms with Crippen LogP contribution in [0.3, 0.4) is 0 Å². The SMILES string of the molecule is Cc1cncc(C(=O)N2CC[C@@H](N(C)Cc3ncccn3)C2)c1. The molecule has 1 saturated heterocycles. The zero-order valence-electron chi connectivity index (χ0n) is 13.5. The van der Waals surface area contributed by atoms with E-state index in [2.05, 4.69) is 26.9 Å². The molecule has 1 atom stereocenters. The highest BCUT2D eigenvalue weighted by Crippen LogP contribution is 2.18. The van der Waals surface area contributed by atoms with Crippen molar-refractivity contribution >= 4 is 5.91 Å². The number of pyridine rings is 1. The van der Waals surface area contributed by atoms with Crippen molar-refractivity contribution in [2.45, 2.75) is 25.9 Å². The van der Waals surface area contributed by atoms with Gasteiger partial charge in [-0.25, -0.2) is 9.97 Å². The van der Waals surface area contributed by atoms with Crippen LogP contribution in [-0.2, 0) is 6.54 Å². The minimum atomic E-state index is 0.0630. The topological polar surface area (TPSA) is 62.2 Å². The summed E-state index contributed by atoms with van der Waals surface area (Å²) in [7, 11) is 2.06. The molecule has 3 rings (SSSR count). The lowest BCUT2D eigenvalue weighted by Gasteiger charge is -2.24. The number of hydrogen-bond donors (Lipinski definition) is 0. The smallest absolute Gasteiger partial charge is 0.255 e. The molecule has 0 saturated carbocycles.